The maximum absolute atomic E-state index is 12.2. The van der Waals surface area contributed by atoms with Gasteiger partial charge in [0, 0.05) is 5.56 Å². The van der Waals surface area contributed by atoms with Gasteiger partial charge in [-0.05, 0) is 11.6 Å². The van der Waals surface area contributed by atoms with Gasteiger partial charge in [0.15, 0.2) is 6.61 Å². The Hall–Kier alpha value is -3.14. The van der Waals surface area contributed by atoms with Crippen molar-refractivity contribution in [3.63, 3.8) is 0 Å². The molecule has 0 atom stereocenters. The molecule has 3 amide bonds. The lowest BCUT2D eigenvalue weighted by Gasteiger charge is -2.25. The highest BCUT2D eigenvalue weighted by atomic mass is 16.5. The molecule has 0 unspecified atom stereocenters. The summed E-state index contributed by atoms with van der Waals surface area (Å²) in [5.74, 6) is -0.234. The van der Waals surface area contributed by atoms with Crippen LogP contribution in [0.25, 0.3) is 0 Å². The highest BCUT2D eigenvalue weighted by Gasteiger charge is 2.32. The molecule has 23 heavy (non-hydrogen) atoms. The Morgan fingerprint density at radius 3 is 2.78 bits per heavy atom. The van der Waals surface area contributed by atoms with Gasteiger partial charge in [-0.15, -0.1) is 6.42 Å². The van der Waals surface area contributed by atoms with Crippen LogP contribution in [-0.2, 0) is 25.5 Å². The predicted octanol–water partition coefficient (Wildman–Crippen LogP) is -0.496. The van der Waals surface area contributed by atoms with Crippen LogP contribution in [0.15, 0.2) is 24.3 Å². The Labute approximate surface area is 132 Å². The second kappa shape index (κ2) is 7.22. The van der Waals surface area contributed by atoms with Gasteiger partial charge in [-0.3, -0.25) is 24.1 Å². The highest BCUT2D eigenvalue weighted by Crippen LogP contribution is 2.19. The normalized spacial score (nSPS) is 13.1. The fourth-order valence-electron chi connectivity index (χ4n) is 2.08. The summed E-state index contributed by atoms with van der Waals surface area (Å²) < 4.78 is 4.72. The Kier molecular flexibility index (Phi) is 5.10. The van der Waals surface area contributed by atoms with E-state index in [2.05, 4.69) is 11.2 Å². The number of amides is 3. The van der Waals surface area contributed by atoms with E-state index in [0.717, 1.165) is 4.90 Å². The van der Waals surface area contributed by atoms with Gasteiger partial charge >= 0.3 is 5.97 Å². The van der Waals surface area contributed by atoms with Crippen LogP contribution in [-0.4, -0.2) is 48.3 Å². The molecule has 0 saturated carbocycles. The lowest BCUT2D eigenvalue weighted by Crippen LogP contribution is -2.45. The summed E-state index contributed by atoms with van der Waals surface area (Å²) >= 11 is 0. The molecule has 7 heteroatoms. The van der Waals surface area contributed by atoms with Crippen molar-refractivity contribution in [2.45, 2.75) is 6.42 Å². The van der Waals surface area contributed by atoms with Crippen LogP contribution >= 0.6 is 0 Å². The number of hydrogen-bond acceptors (Lipinski definition) is 5. The van der Waals surface area contributed by atoms with E-state index in [1.165, 1.54) is 0 Å². The number of ether oxygens (including phenoxy) is 1. The topological polar surface area (TPSA) is 92.8 Å². The molecule has 1 aromatic carbocycles. The number of nitrogens with zero attached hydrogens (tertiary/aromatic N) is 1. The fourth-order valence-corrected chi connectivity index (χ4v) is 2.08. The van der Waals surface area contributed by atoms with E-state index in [-0.39, 0.29) is 13.0 Å². The zero-order valence-electron chi connectivity index (χ0n) is 12.2. The first kappa shape index (κ1) is 16.2. The van der Waals surface area contributed by atoms with E-state index in [9.17, 15) is 19.2 Å². The van der Waals surface area contributed by atoms with Gasteiger partial charge < -0.3 is 10.1 Å². The van der Waals surface area contributed by atoms with Crippen LogP contribution in [0.4, 0.5) is 0 Å². The van der Waals surface area contributed by atoms with Gasteiger partial charge in [0.05, 0.1) is 13.0 Å². The molecule has 1 aromatic rings. The lowest BCUT2D eigenvalue weighted by molar-refractivity contribution is -0.151. The molecule has 0 aromatic heterocycles. The van der Waals surface area contributed by atoms with E-state index in [4.69, 9.17) is 11.2 Å². The first-order valence-corrected chi connectivity index (χ1v) is 6.81. The quantitative estimate of drug-likeness (QED) is 0.449. The summed E-state index contributed by atoms with van der Waals surface area (Å²) in [6, 6.07) is 6.70. The van der Waals surface area contributed by atoms with Crippen molar-refractivity contribution in [1.82, 2.24) is 10.2 Å². The molecule has 1 heterocycles. The lowest BCUT2D eigenvalue weighted by atomic mass is 9.98. The first-order valence-electron chi connectivity index (χ1n) is 6.81. The number of nitrogens with one attached hydrogen (secondary N) is 1. The molecular weight excluding hydrogens is 300 g/mol. The highest BCUT2D eigenvalue weighted by molar-refractivity contribution is 6.11. The summed E-state index contributed by atoms with van der Waals surface area (Å²) in [6.07, 6.45) is 5.01. The Balaban J connectivity index is 1.94. The van der Waals surface area contributed by atoms with Gasteiger partial charge in [-0.25, -0.2) is 0 Å². The second-order valence-electron chi connectivity index (χ2n) is 4.76. The number of carbonyl (C=O) groups excluding carboxylic acids is 4. The zero-order chi connectivity index (χ0) is 16.8. The van der Waals surface area contributed by atoms with Crippen LogP contribution in [0.1, 0.15) is 15.9 Å². The monoisotopic (exact) mass is 314 g/mol. The van der Waals surface area contributed by atoms with Crippen LogP contribution in [0.3, 0.4) is 0 Å². The molecule has 0 fully saturated rings. The Bertz CT molecular complexity index is 705. The summed E-state index contributed by atoms with van der Waals surface area (Å²) in [5, 5.41) is 2.32. The summed E-state index contributed by atoms with van der Waals surface area (Å²) in [6.45, 7) is -1.03. The predicted molar refractivity (Wildman–Crippen MR) is 79.0 cm³/mol. The van der Waals surface area contributed by atoms with Crippen molar-refractivity contribution in [2.24, 2.45) is 0 Å². The zero-order valence-corrected chi connectivity index (χ0v) is 12.2. The van der Waals surface area contributed by atoms with E-state index >= 15 is 0 Å². The smallest absolute Gasteiger partial charge is 0.326 e. The van der Waals surface area contributed by atoms with Gasteiger partial charge in [0.1, 0.15) is 6.54 Å². The number of benzene rings is 1. The van der Waals surface area contributed by atoms with Crippen LogP contribution in [0, 0.1) is 12.3 Å². The number of hydrogen-bond donors (Lipinski definition) is 1. The minimum Gasteiger partial charge on any atom is -0.454 e. The third-order valence-corrected chi connectivity index (χ3v) is 3.17. The minimum atomic E-state index is -0.845. The molecule has 1 N–H and O–H groups in total. The van der Waals surface area contributed by atoms with Gasteiger partial charge in [-0.1, -0.05) is 24.1 Å². The molecule has 1 aliphatic rings. The Morgan fingerprint density at radius 1 is 1.30 bits per heavy atom. The van der Waals surface area contributed by atoms with Crippen molar-refractivity contribution < 1.29 is 23.9 Å². The molecule has 0 aliphatic carbocycles. The standard InChI is InChI=1S/C16H14N2O5/c1-2-7-17-13(19)10-23-15(21)9-18-14(20)8-11-5-3-4-6-12(11)16(18)22/h1,3-6H,7-10H2,(H,17,19). The van der Waals surface area contributed by atoms with E-state index < -0.39 is 36.8 Å². The summed E-state index contributed by atoms with van der Waals surface area (Å²) in [7, 11) is 0. The van der Waals surface area contributed by atoms with Crippen LogP contribution in [0.5, 0.6) is 0 Å². The van der Waals surface area contributed by atoms with E-state index in [1.54, 1.807) is 24.3 Å². The molecule has 0 radical (unpaired) electrons. The van der Waals surface area contributed by atoms with Crippen LogP contribution in [0.2, 0.25) is 0 Å². The largest absolute Gasteiger partial charge is 0.454 e. The van der Waals surface area contributed by atoms with Crippen molar-refractivity contribution in [3.8, 4) is 12.3 Å². The van der Waals surface area contributed by atoms with Gasteiger partial charge in [0.2, 0.25) is 5.91 Å². The molecule has 7 nitrogen and oxygen atoms in total. The number of carbonyl (C=O) groups is 4. The third kappa shape index (κ3) is 3.95. The molecule has 0 spiro atoms. The molecule has 2 rings (SSSR count). The maximum atomic E-state index is 12.2. The fraction of sp³-hybridized carbons (Fsp3) is 0.250. The van der Waals surface area contributed by atoms with E-state index in [1.807, 2.05) is 0 Å². The van der Waals surface area contributed by atoms with Crippen LogP contribution < -0.4 is 5.32 Å². The molecule has 0 saturated heterocycles. The number of terminal acetylenes is 1. The summed E-state index contributed by atoms with van der Waals surface area (Å²) in [5.41, 5.74) is 1.01. The first-order chi connectivity index (χ1) is 11.0. The van der Waals surface area contributed by atoms with E-state index in [0.29, 0.717) is 11.1 Å². The maximum Gasteiger partial charge on any atom is 0.326 e. The average molecular weight is 314 g/mol. The molecule has 1 aliphatic heterocycles. The van der Waals surface area contributed by atoms with Crippen molar-refractivity contribution in [3.05, 3.63) is 35.4 Å². The summed E-state index contributed by atoms with van der Waals surface area (Å²) in [4.78, 5) is 48.0. The number of imide groups is 1. The Morgan fingerprint density at radius 2 is 2.04 bits per heavy atom. The third-order valence-electron chi connectivity index (χ3n) is 3.17. The van der Waals surface area contributed by atoms with Crippen molar-refractivity contribution in [1.29, 1.82) is 0 Å². The molecule has 118 valence electrons. The second-order valence-corrected chi connectivity index (χ2v) is 4.76. The number of fused-ring (bicyclic) bond motifs is 1. The molecule has 0 bridgehead atoms. The minimum absolute atomic E-state index is 0.0241. The SMILES string of the molecule is C#CCNC(=O)COC(=O)CN1C(=O)Cc2ccccc2C1=O. The molecular formula is C16H14N2O5. The average Bonchev–Trinajstić information content (AvgIpc) is 2.54. The van der Waals surface area contributed by atoms with Crippen molar-refractivity contribution in [2.75, 3.05) is 19.7 Å². The van der Waals surface area contributed by atoms with Gasteiger partial charge in [0.25, 0.3) is 11.8 Å². The number of rotatable bonds is 5. The number of esters is 1. The van der Waals surface area contributed by atoms with Crippen molar-refractivity contribution >= 4 is 23.7 Å². The van der Waals surface area contributed by atoms with Gasteiger partial charge in [-0.2, -0.15) is 0 Å².